The average molecular weight is 641 g/mol. The average Bonchev–Trinajstić information content (AvgIpc) is 3.24. The lowest BCUT2D eigenvalue weighted by Crippen LogP contribution is -2.29. The third kappa shape index (κ3) is 6.62. The first kappa shape index (κ1) is 30.0. The van der Waals surface area contributed by atoms with Gasteiger partial charge in [-0.05, 0) is 67.9 Å². The molecule has 2 N–H and O–H groups in total. The summed E-state index contributed by atoms with van der Waals surface area (Å²) in [6.45, 7) is 4.05. The lowest BCUT2D eigenvalue weighted by atomic mass is 10.2. The van der Waals surface area contributed by atoms with Gasteiger partial charge in [0.1, 0.15) is 10.6 Å². The molecule has 1 unspecified atom stereocenters. The molecule has 1 aromatic heterocycles. The standard InChI is InChI=1S/C27H23Cl2N9O4S/c1-3-37(18-9-5-4-6-10-18)27-32-25(29)31-26(33-27)30-17-13-14-22(43(40,41)42)20(15-17)34-35-23-16(2)36-38(24(23)39)21-12-8-7-11-19(21)28/h4-15,23H,3H2,1-2H3,(H,40,41,42)(H,30,31,32,33)/b35-34+. The van der Waals surface area contributed by atoms with Crippen molar-refractivity contribution in [1.82, 2.24) is 15.0 Å². The van der Waals surface area contributed by atoms with Gasteiger partial charge in [0, 0.05) is 17.9 Å². The third-order valence-corrected chi connectivity index (χ3v) is 7.56. The van der Waals surface area contributed by atoms with Gasteiger partial charge in [0.05, 0.1) is 16.4 Å². The quantitative estimate of drug-likeness (QED) is 0.160. The highest BCUT2D eigenvalue weighted by atomic mass is 35.5. The number of benzene rings is 3. The van der Waals surface area contributed by atoms with E-state index in [0.717, 1.165) is 16.8 Å². The summed E-state index contributed by atoms with van der Waals surface area (Å²) in [5.74, 6) is -0.192. The van der Waals surface area contributed by atoms with Gasteiger partial charge in [-0.15, -0.1) is 0 Å². The van der Waals surface area contributed by atoms with Gasteiger partial charge >= 0.3 is 0 Å². The minimum absolute atomic E-state index is 0.0659. The van der Waals surface area contributed by atoms with E-state index < -0.39 is 27.0 Å². The highest BCUT2D eigenvalue weighted by Crippen LogP contribution is 2.33. The largest absolute Gasteiger partial charge is 0.324 e. The predicted octanol–water partition coefficient (Wildman–Crippen LogP) is 6.20. The Kier molecular flexibility index (Phi) is 8.64. The number of nitrogens with zero attached hydrogens (tertiary/aromatic N) is 8. The van der Waals surface area contributed by atoms with Crippen molar-refractivity contribution in [3.05, 3.63) is 83.1 Å². The van der Waals surface area contributed by atoms with E-state index in [-0.39, 0.29) is 28.6 Å². The van der Waals surface area contributed by atoms with Crippen molar-refractivity contribution < 1.29 is 17.8 Å². The molecule has 13 nitrogen and oxygen atoms in total. The number of aromatic nitrogens is 3. The summed E-state index contributed by atoms with van der Waals surface area (Å²) in [6.07, 6.45) is 0. The molecular weight excluding hydrogens is 617 g/mol. The fourth-order valence-electron chi connectivity index (χ4n) is 4.19. The maximum absolute atomic E-state index is 13.1. The van der Waals surface area contributed by atoms with E-state index in [1.807, 2.05) is 42.2 Å². The second-order valence-corrected chi connectivity index (χ2v) is 11.2. The molecule has 1 aliphatic rings. The van der Waals surface area contributed by atoms with Crippen molar-refractivity contribution in [3.8, 4) is 0 Å². The molecule has 2 heterocycles. The molecule has 16 heteroatoms. The van der Waals surface area contributed by atoms with Crippen LogP contribution in [0, 0.1) is 0 Å². The molecule has 0 fully saturated rings. The van der Waals surface area contributed by atoms with Crippen molar-refractivity contribution in [3.63, 3.8) is 0 Å². The number of anilines is 5. The number of hydrogen-bond donors (Lipinski definition) is 2. The van der Waals surface area contributed by atoms with E-state index in [1.54, 1.807) is 31.2 Å². The fourth-order valence-corrected chi connectivity index (χ4v) is 5.16. The molecule has 220 valence electrons. The molecule has 5 rings (SSSR count). The number of rotatable bonds is 9. The lowest BCUT2D eigenvalue weighted by molar-refractivity contribution is -0.117. The summed E-state index contributed by atoms with van der Waals surface area (Å²) in [7, 11) is -4.71. The normalized spacial score (nSPS) is 15.2. The first-order valence-electron chi connectivity index (χ1n) is 12.7. The number of hydrogen-bond acceptors (Lipinski definition) is 11. The number of amides is 1. The zero-order chi connectivity index (χ0) is 30.7. The van der Waals surface area contributed by atoms with Crippen LogP contribution in [0.5, 0.6) is 0 Å². The maximum Gasteiger partial charge on any atom is 0.296 e. The second kappa shape index (κ2) is 12.4. The fraction of sp³-hybridized carbons (Fsp3) is 0.148. The molecule has 3 aromatic carbocycles. The van der Waals surface area contributed by atoms with Crippen molar-refractivity contribution in [2.45, 2.75) is 24.8 Å². The number of azo groups is 1. The Bertz CT molecular complexity index is 1860. The number of para-hydroxylation sites is 2. The van der Waals surface area contributed by atoms with Crippen LogP contribution in [-0.4, -0.2) is 52.1 Å². The molecule has 1 aliphatic heterocycles. The second-order valence-electron chi connectivity index (χ2n) is 9.05. The Labute approximate surface area is 256 Å². The Morgan fingerprint density at radius 2 is 1.74 bits per heavy atom. The number of hydrazone groups is 1. The molecule has 1 amide bonds. The van der Waals surface area contributed by atoms with Crippen molar-refractivity contribution in [2.24, 2.45) is 15.3 Å². The molecule has 0 saturated heterocycles. The van der Waals surface area contributed by atoms with Crippen molar-refractivity contribution in [2.75, 3.05) is 21.8 Å². The van der Waals surface area contributed by atoms with Crippen LogP contribution >= 0.6 is 23.2 Å². The zero-order valence-corrected chi connectivity index (χ0v) is 25.0. The molecule has 0 saturated carbocycles. The van der Waals surface area contributed by atoms with E-state index in [1.165, 1.54) is 12.1 Å². The molecule has 0 radical (unpaired) electrons. The Balaban J connectivity index is 1.45. The Hall–Kier alpha value is -4.50. The van der Waals surface area contributed by atoms with E-state index >= 15 is 0 Å². The lowest BCUT2D eigenvalue weighted by Gasteiger charge is -2.21. The van der Waals surface area contributed by atoms with Gasteiger partial charge in [0.2, 0.25) is 17.2 Å². The maximum atomic E-state index is 13.1. The smallest absolute Gasteiger partial charge is 0.296 e. The van der Waals surface area contributed by atoms with Crippen LogP contribution in [0.1, 0.15) is 13.8 Å². The van der Waals surface area contributed by atoms with Gasteiger partial charge in [-0.2, -0.15) is 43.7 Å². The van der Waals surface area contributed by atoms with Gasteiger partial charge < -0.3 is 10.2 Å². The first-order valence-corrected chi connectivity index (χ1v) is 14.9. The summed E-state index contributed by atoms with van der Waals surface area (Å²) in [4.78, 5) is 27.2. The molecule has 1 atom stereocenters. The summed E-state index contributed by atoms with van der Waals surface area (Å²) < 4.78 is 34.1. The van der Waals surface area contributed by atoms with Crippen LogP contribution in [0.25, 0.3) is 0 Å². The number of carbonyl (C=O) groups excluding carboxylic acids is 1. The SMILES string of the molecule is CCN(c1ccccc1)c1nc(Cl)nc(Nc2ccc(S(=O)(=O)O)c(/N=N/C3C(=O)N(c4ccccc4Cl)N=C3C)c2)n1. The minimum atomic E-state index is -4.71. The third-order valence-electron chi connectivity index (χ3n) is 6.17. The molecule has 4 aromatic rings. The highest BCUT2D eigenvalue weighted by molar-refractivity contribution is 7.86. The number of nitrogens with one attached hydrogen (secondary N) is 1. The van der Waals surface area contributed by atoms with Gasteiger partial charge in [-0.3, -0.25) is 9.35 Å². The van der Waals surface area contributed by atoms with E-state index in [0.29, 0.717) is 23.0 Å². The first-order chi connectivity index (χ1) is 20.5. The van der Waals surface area contributed by atoms with Crippen LogP contribution < -0.4 is 15.2 Å². The molecule has 0 bridgehead atoms. The predicted molar refractivity (Wildman–Crippen MR) is 164 cm³/mol. The van der Waals surface area contributed by atoms with Gasteiger partial charge in [-0.25, -0.2) is 0 Å². The zero-order valence-electron chi connectivity index (χ0n) is 22.6. The van der Waals surface area contributed by atoms with Crippen LogP contribution in [-0.2, 0) is 14.9 Å². The summed E-state index contributed by atoms with van der Waals surface area (Å²) in [5, 5.41) is 16.6. The van der Waals surface area contributed by atoms with Crippen molar-refractivity contribution in [1.29, 1.82) is 0 Å². The molecule has 0 aliphatic carbocycles. The molecule has 43 heavy (non-hydrogen) atoms. The van der Waals surface area contributed by atoms with Gasteiger partial charge in [0.15, 0.2) is 6.04 Å². The summed E-state index contributed by atoms with van der Waals surface area (Å²) in [5.41, 5.74) is 1.55. The van der Waals surface area contributed by atoms with E-state index in [9.17, 15) is 17.8 Å². The summed E-state index contributed by atoms with van der Waals surface area (Å²) in [6, 6.07) is 18.8. The Morgan fingerprint density at radius 1 is 1.02 bits per heavy atom. The summed E-state index contributed by atoms with van der Waals surface area (Å²) >= 11 is 12.4. The van der Waals surface area contributed by atoms with E-state index in [2.05, 4.69) is 35.6 Å². The van der Waals surface area contributed by atoms with Crippen LogP contribution in [0.2, 0.25) is 10.3 Å². The highest BCUT2D eigenvalue weighted by Gasteiger charge is 2.35. The van der Waals surface area contributed by atoms with Crippen LogP contribution in [0.4, 0.5) is 34.6 Å². The minimum Gasteiger partial charge on any atom is -0.324 e. The Morgan fingerprint density at radius 3 is 2.44 bits per heavy atom. The van der Waals surface area contributed by atoms with Gasteiger partial charge in [-0.1, -0.05) is 41.9 Å². The number of carbonyl (C=O) groups is 1. The molecule has 0 spiro atoms. The van der Waals surface area contributed by atoms with Crippen LogP contribution in [0.15, 0.2) is 93.0 Å². The van der Waals surface area contributed by atoms with Crippen LogP contribution in [0.3, 0.4) is 0 Å². The number of halogens is 2. The molecular formula is C27H23Cl2N9O4S. The van der Waals surface area contributed by atoms with Gasteiger partial charge in [0.25, 0.3) is 16.0 Å². The monoisotopic (exact) mass is 639 g/mol. The van der Waals surface area contributed by atoms with E-state index in [4.69, 9.17) is 23.2 Å². The van der Waals surface area contributed by atoms with Crippen molar-refractivity contribution >= 4 is 79.6 Å². The topological polar surface area (TPSA) is 166 Å².